The molecule has 0 fully saturated rings. The van der Waals surface area contributed by atoms with E-state index in [1.54, 1.807) is 13.8 Å². The standard InChI is InChI=1S/C12H17BrO3S/c1-3-16-17(14,15)10(2)8-11-4-6-12(9-13)7-5-11/h4-7,10H,3,8-9H2,1-2H3. The van der Waals surface area contributed by atoms with Crippen molar-refractivity contribution in [3.8, 4) is 0 Å². The van der Waals surface area contributed by atoms with Crippen molar-refractivity contribution >= 4 is 26.0 Å². The van der Waals surface area contributed by atoms with Gasteiger partial charge in [-0.05, 0) is 31.4 Å². The largest absolute Gasteiger partial charge is 0.270 e. The Kier molecular flexibility index (Phi) is 5.62. The van der Waals surface area contributed by atoms with Gasteiger partial charge in [0.25, 0.3) is 10.1 Å². The summed E-state index contributed by atoms with van der Waals surface area (Å²) in [6.07, 6.45) is 0.477. The number of benzene rings is 1. The number of rotatable bonds is 6. The van der Waals surface area contributed by atoms with Crippen molar-refractivity contribution < 1.29 is 12.6 Å². The van der Waals surface area contributed by atoms with E-state index in [1.807, 2.05) is 24.3 Å². The highest BCUT2D eigenvalue weighted by atomic mass is 79.9. The van der Waals surface area contributed by atoms with Gasteiger partial charge in [-0.15, -0.1) is 0 Å². The van der Waals surface area contributed by atoms with Crippen LogP contribution in [0.5, 0.6) is 0 Å². The van der Waals surface area contributed by atoms with Gasteiger partial charge < -0.3 is 0 Å². The summed E-state index contributed by atoms with van der Waals surface area (Å²) in [6.45, 7) is 3.54. The van der Waals surface area contributed by atoms with Crippen molar-refractivity contribution in [2.75, 3.05) is 6.61 Å². The zero-order valence-corrected chi connectivity index (χ0v) is 12.4. The van der Waals surface area contributed by atoms with Crippen LogP contribution in [0.3, 0.4) is 0 Å². The molecule has 0 aromatic heterocycles. The van der Waals surface area contributed by atoms with Gasteiger partial charge in [0.1, 0.15) is 0 Å². The lowest BCUT2D eigenvalue weighted by Crippen LogP contribution is -2.22. The fraction of sp³-hybridized carbons (Fsp3) is 0.500. The summed E-state index contributed by atoms with van der Waals surface area (Å²) < 4.78 is 28.0. The minimum atomic E-state index is -3.43. The molecular weight excluding hydrogens is 304 g/mol. The average Bonchev–Trinajstić information content (AvgIpc) is 2.30. The molecule has 0 saturated carbocycles. The molecule has 3 nitrogen and oxygen atoms in total. The van der Waals surface area contributed by atoms with Gasteiger partial charge in [0.2, 0.25) is 0 Å². The maximum Gasteiger partial charge on any atom is 0.270 e. The van der Waals surface area contributed by atoms with E-state index in [-0.39, 0.29) is 6.61 Å². The number of hydrogen-bond acceptors (Lipinski definition) is 3. The zero-order chi connectivity index (χ0) is 12.9. The molecule has 0 aliphatic carbocycles. The van der Waals surface area contributed by atoms with Crippen molar-refractivity contribution in [1.29, 1.82) is 0 Å². The van der Waals surface area contributed by atoms with Crippen molar-refractivity contribution in [3.63, 3.8) is 0 Å². The van der Waals surface area contributed by atoms with Crippen molar-refractivity contribution in [1.82, 2.24) is 0 Å². The summed E-state index contributed by atoms with van der Waals surface area (Å²) >= 11 is 3.37. The van der Waals surface area contributed by atoms with E-state index in [0.29, 0.717) is 6.42 Å². The van der Waals surface area contributed by atoms with Crippen LogP contribution in [0.2, 0.25) is 0 Å². The van der Waals surface area contributed by atoms with Crippen LogP contribution in [-0.4, -0.2) is 20.3 Å². The lowest BCUT2D eigenvalue weighted by Gasteiger charge is -2.12. The molecule has 1 rings (SSSR count). The second-order valence-corrected chi connectivity index (χ2v) is 6.45. The van der Waals surface area contributed by atoms with E-state index < -0.39 is 15.4 Å². The van der Waals surface area contributed by atoms with E-state index in [1.165, 1.54) is 5.56 Å². The van der Waals surface area contributed by atoms with E-state index >= 15 is 0 Å². The molecule has 0 spiro atoms. The quantitative estimate of drug-likeness (QED) is 0.598. The van der Waals surface area contributed by atoms with Gasteiger partial charge in [0.05, 0.1) is 11.9 Å². The lowest BCUT2D eigenvalue weighted by atomic mass is 10.1. The Balaban J connectivity index is 2.70. The number of hydrogen-bond donors (Lipinski definition) is 0. The molecule has 96 valence electrons. The molecule has 0 aliphatic rings. The van der Waals surface area contributed by atoms with Gasteiger partial charge in [0.15, 0.2) is 0 Å². The Morgan fingerprint density at radius 2 is 1.76 bits per heavy atom. The van der Waals surface area contributed by atoms with E-state index in [9.17, 15) is 8.42 Å². The number of alkyl halides is 1. The van der Waals surface area contributed by atoms with Crippen LogP contribution in [-0.2, 0) is 26.1 Å². The van der Waals surface area contributed by atoms with Crippen LogP contribution >= 0.6 is 15.9 Å². The normalized spacial score (nSPS) is 13.6. The molecule has 5 heteroatoms. The van der Waals surface area contributed by atoms with Gasteiger partial charge in [-0.2, -0.15) is 8.42 Å². The molecule has 0 bridgehead atoms. The van der Waals surface area contributed by atoms with E-state index in [0.717, 1.165) is 10.9 Å². The predicted octanol–water partition coefficient (Wildman–Crippen LogP) is 2.88. The van der Waals surface area contributed by atoms with E-state index in [4.69, 9.17) is 4.18 Å². The van der Waals surface area contributed by atoms with Crippen molar-refractivity contribution in [2.45, 2.75) is 30.8 Å². The molecule has 0 radical (unpaired) electrons. The summed E-state index contributed by atoms with van der Waals surface area (Å²) in [7, 11) is -3.43. The van der Waals surface area contributed by atoms with Gasteiger partial charge in [-0.3, -0.25) is 4.18 Å². The van der Waals surface area contributed by atoms with Crippen molar-refractivity contribution in [2.24, 2.45) is 0 Å². The molecular formula is C12H17BrO3S. The molecule has 0 saturated heterocycles. The first-order chi connectivity index (χ1) is 7.99. The van der Waals surface area contributed by atoms with Crippen LogP contribution in [0.25, 0.3) is 0 Å². The van der Waals surface area contributed by atoms with Crippen LogP contribution in [0.1, 0.15) is 25.0 Å². The third-order valence-electron chi connectivity index (χ3n) is 2.48. The van der Waals surface area contributed by atoms with Gasteiger partial charge in [-0.1, -0.05) is 40.2 Å². The second kappa shape index (κ2) is 6.52. The molecule has 0 amide bonds. The first-order valence-electron chi connectivity index (χ1n) is 5.51. The molecule has 1 aromatic carbocycles. The first-order valence-corrected chi connectivity index (χ1v) is 8.11. The fourth-order valence-electron chi connectivity index (χ4n) is 1.48. The monoisotopic (exact) mass is 320 g/mol. The average molecular weight is 321 g/mol. The molecule has 1 unspecified atom stereocenters. The van der Waals surface area contributed by atoms with E-state index in [2.05, 4.69) is 15.9 Å². The highest BCUT2D eigenvalue weighted by Crippen LogP contribution is 2.14. The minimum absolute atomic E-state index is 0.190. The highest BCUT2D eigenvalue weighted by Gasteiger charge is 2.21. The molecule has 17 heavy (non-hydrogen) atoms. The maximum atomic E-state index is 11.6. The fourth-order valence-corrected chi connectivity index (χ4v) is 2.81. The summed E-state index contributed by atoms with van der Waals surface area (Å²) in [5.41, 5.74) is 2.18. The Morgan fingerprint density at radius 1 is 1.24 bits per heavy atom. The third kappa shape index (κ3) is 4.41. The molecule has 0 aliphatic heterocycles. The Labute approximate surface area is 111 Å². The molecule has 0 N–H and O–H groups in total. The lowest BCUT2D eigenvalue weighted by molar-refractivity contribution is 0.331. The number of halogens is 1. The van der Waals surface area contributed by atoms with Crippen LogP contribution < -0.4 is 0 Å². The molecule has 0 heterocycles. The first kappa shape index (κ1) is 14.7. The topological polar surface area (TPSA) is 43.4 Å². The predicted molar refractivity (Wildman–Crippen MR) is 72.8 cm³/mol. The maximum absolute atomic E-state index is 11.6. The second-order valence-electron chi connectivity index (χ2n) is 3.86. The summed E-state index contributed by atoms with van der Waals surface area (Å²) in [5, 5.41) is 0.289. The zero-order valence-electron chi connectivity index (χ0n) is 10.0. The Bertz CT molecular complexity index is 439. The summed E-state index contributed by atoms with van der Waals surface area (Å²) in [4.78, 5) is 0. The molecule has 1 atom stereocenters. The Morgan fingerprint density at radius 3 is 2.24 bits per heavy atom. The van der Waals surface area contributed by atoms with Crippen molar-refractivity contribution in [3.05, 3.63) is 35.4 Å². The summed E-state index contributed by atoms with van der Waals surface area (Å²) in [6, 6.07) is 7.89. The highest BCUT2D eigenvalue weighted by molar-refractivity contribution is 9.08. The SMILES string of the molecule is CCOS(=O)(=O)C(C)Cc1ccc(CBr)cc1. The smallest absolute Gasteiger partial charge is 0.270 e. The van der Waals surface area contributed by atoms with Crippen LogP contribution in [0, 0.1) is 0 Å². The van der Waals surface area contributed by atoms with Gasteiger partial charge in [0, 0.05) is 5.33 Å². The minimum Gasteiger partial charge on any atom is -0.270 e. The van der Waals surface area contributed by atoms with Crippen LogP contribution in [0.15, 0.2) is 24.3 Å². The summed E-state index contributed by atoms with van der Waals surface area (Å²) in [5.74, 6) is 0. The van der Waals surface area contributed by atoms with Gasteiger partial charge in [-0.25, -0.2) is 0 Å². The molecule has 1 aromatic rings. The third-order valence-corrected chi connectivity index (χ3v) is 4.84. The Hall–Kier alpha value is -0.390. The van der Waals surface area contributed by atoms with Crippen LogP contribution in [0.4, 0.5) is 0 Å². The van der Waals surface area contributed by atoms with Gasteiger partial charge >= 0.3 is 0 Å².